The van der Waals surface area contributed by atoms with Crippen LogP contribution in [0.15, 0.2) is 69.9 Å². The predicted molar refractivity (Wildman–Crippen MR) is 140 cm³/mol. The van der Waals surface area contributed by atoms with E-state index in [4.69, 9.17) is 21.8 Å². The number of oxazole rings is 1. The first kappa shape index (κ1) is 26.1. The molecule has 37 heavy (non-hydrogen) atoms. The van der Waals surface area contributed by atoms with Crippen molar-refractivity contribution in [1.29, 1.82) is 5.26 Å². The van der Waals surface area contributed by atoms with Crippen molar-refractivity contribution < 1.29 is 13.6 Å². The molecule has 0 saturated carbocycles. The van der Waals surface area contributed by atoms with Crippen molar-refractivity contribution in [1.82, 2.24) is 9.88 Å². The molecule has 0 fully saturated rings. The monoisotopic (exact) mass is 520 g/mol. The summed E-state index contributed by atoms with van der Waals surface area (Å²) in [5, 5.41) is 12.7. The van der Waals surface area contributed by atoms with E-state index in [9.17, 15) is 19.2 Å². The van der Waals surface area contributed by atoms with Gasteiger partial charge < -0.3 is 15.5 Å². The quantitative estimate of drug-likeness (QED) is 0.358. The zero-order valence-electron chi connectivity index (χ0n) is 20.4. The molecule has 0 aliphatic heterocycles. The minimum absolute atomic E-state index is 0.000287. The maximum atomic E-state index is 14.3. The van der Waals surface area contributed by atoms with E-state index in [2.05, 4.69) is 11.4 Å². The number of nitriles is 1. The number of hydrogen-bond donors (Lipinski definition) is 2. The molecule has 1 heterocycles. The SMILES string of the molecule is Cn1c(=O)oc2ccc(-c3ccc(C[C@@H](C#N)NC(=O)C(C)(CN)Cc4c(F)cccc4Cl)cc3)cc21. The number of nitrogens with two attached hydrogens (primary N) is 1. The highest BCUT2D eigenvalue weighted by atomic mass is 35.5. The van der Waals surface area contributed by atoms with Crippen molar-refractivity contribution >= 4 is 28.6 Å². The van der Waals surface area contributed by atoms with Crippen molar-refractivity contribution in [2.24, 2.45) is 18.2 Å². The number of nitrogens with one attached hydrogen (secondary N) is 1. The molecule has 1 unspecified atom stereocenters. The fourth-order valence-corrected chi connectivity index (χ4v) is 4.40. The number of rotatable bonds is 8. The summed E-state index contributed by atoms with van der Waals surface area (Å²) < 4.78 is 21.0. The molecule has 0 aliphatic rings. The van der Waals surface area contributed by atoms with Crippen LogP contribution in [0.3, 0.4) is 0 Å². The van der Waals surface area contributed by atoms with E-state index in [1.807, 2.05) is 36.4 Å². The third-order valence-electron chi connectivity index (χ3n) is 6.61. The molecule has 2 atom stereocenters. The molecule has 4 aromatic rings. The smallest absolute Gasteiger partial charge is 0.408 e. The summed E-state index contributed by atoms with van der Waals surface area (Å²) >= 11 is 6.15. The molecule has 190 valence electrons. The third kappa shape index (κ3) is 5.43. The Morgan fingerprint density at radius 2 is 1.92 bits per heavy atom. The van der Waals surface area contributed by atoms with Crippen molar-refractivity contribution in [3.05, 3.63) is 93.2 Å². The molecule has 7 nitrogen and oxygen atoms in total. The van der Waals surface area contributed by atoms with Crippen molar-refractivity contribution in [2.45, 2.75) is 25.8 Å². The number of aromatic nitrogens is 1. The normalized spacial score (nSPS) is 13.6. The van der Waals surface area contributed by atoms with E-state index in [0.717, 1.165) is 16.7 Å². The van der Waals surface area contributed by atoms with Gasteiger partial charge in [0.25, 0.3) is 0 Å². The van der Waals surface area contributed by atoms with Crippen molar-refractivity contribution in [3.63, 3.8) is 0 Å². The van der Waals surface area contributed by atoms with Gasteiger partial charge in [0.2, 0.25) is 5.91 Å². The van der Waals surface area contributed by atoms with E-state index < -0.39 is 28.9 Å². The summed E-state index contributed by atoms with van der Waals surface area (Å²) in [7, 11) is 1.65. The molecule has 4 rings (SSSR count). The van der Waals surface area contributed by atoms with Crippen LogP contribution in [0.1, 0.15) is 18.1 Å². The fourth-order valence-electron chi connectivity index (χ4n) is 4.17. The topological polar surface area (TPSA) is 114 Å². The molecular formula is C28H26ClFN4O3. The zero-order valence-corrected chi connectivity index (χ0v) is 21.2. The Morgan fingerprint density at radius 1 is 1.22 bits per heavy atom. The molecule has 1 amide bonds. The number of halogens is 2. The first-order chi connectivity index (χ1) is 17.6. The number of carbonyl (C=O) groups is 1. The number of nitrogens with zero attached hydrogens (tertiary/aromatic N) is 2. The summed E-state index contributed by atoms with van der Waals surface area (Å²) in [6.07, 6.45) is 0.277. The molecule has 0 bridgehead atoms. The van der Waals surface area contributed by atoms with Crippen LogP contribution in [0, 0.1) is 22.6 Å². The van der Waals surface area contributed by atoms with Gasteiger partial charge in [-0.2, -0.15) is 5.26 Å². The lowest BCUT2D eigenvalue weighted by molar-refractivity contribution is -0.130. The second kappa shape index (κ2) is 10.6. The van der Waals surface area contributed by atoms with Gasteiger partial charge in [-0.3, -0.25) is 9.36 Å². The van der Waals surface area contributed by atoms with Crippen LogP contribution in [-0.4, -0.2) is 23.1 Å². The number of amides is 1. The van der Waals surface area contributed by atoms with Gasteiger partial charge in [0.05, 0.1) is 17.0 Å². The Hall–Kier alpha value is -3.93. The Bertz CT molecular complexity index is 1530. The van der Waals surface area contributed by atoms with Crippen LogP contribution < -0.4 is 16.8 Å². The molecule has 3 N–H and O–H groups in total. The highest BCUT2D eigenvalue weighted by Crippen LogP contribution is 2.29. The minimum Gasteiger partial charge on any atom is -0.408 e. The standard InChI is InChI=1S/C28H26ClFN4O3/c1-28(16-32,14-21-22(29)4-3-5-23(21)30)26(35)33-20(15-31)12-17-6-8-18(9-7-17)19-10-11-25-24(13-19)34(2)27(36)37-25/h3-11,13,20H,12,14,16,32H2,1-2H3,(H,33,35)/t20-,28?/m0/s1. The molecular weight excluding hydrogens is 495 g/mol. The van der Waals surface area contributed by atoms with Gasteiger partial charge in [0.15, 0.2) is 5.58 Å². The number of carbonyl (C=O) groups excluding carboxylic acids is 1. The Balaban J connectivity index is 1.47. The number of aryl methyl sites for hydroxylation is 1. The van der Waals surface area contributed by atoms with E-state index in [1.54, 1.807) is 26.1 Å². The lowest BCUT2D eigenvalue weighted by atomic mass is 9.82. The summed E-state index contributed by atoms with van der Waals surface area (Å²) in [6.45, 7) is 1.57. The predicted octanol–water partition coefficient (Wildman–Crippen LogP) is 4.35. The Morgan fingerprint density at radius 3 is 2.57 bits per heavy atom. The van der Waals surface area contributed by atoms with Crippen molar-refractivity contribution in [2.75, 3.05) is 6.54 Å². The van der Waals surface area contributed by atoms with Gasteiger partial charge >= 0.3 is 5.76 Å². The number of benzene rings is 3. The Kier molecular flexibility index (Phi) is 7.48. The van der Waals surface area contributed by atoms with Crippen LogP contribution >= 0.6 is 11.6 Å². The van der Waals surface area contributed by atoms with Gasteiger partial charge in [-0.05, 0) is 54.3 Å². The van der Waals surface area contributed by atoms with E-state index in [-0.39, 0.29) is 30.0 Å². The maximum Gasteiger partial charge on any atom is 0.419 e. The van der Waals surface area contributed by atoms with Gasteiger partial charge in [-0.25, -0.2) is 9.18 Å². The highest BCUT2D eigenvalue weighted by Gasteiger charge is 2.35. The molecule has 9 heteroatoms. The maximum absolute atomic E-state index is 14.3. The lowest BCUT2D eigenvalue weighted by Gasteiger charge is -2.28. The largest absolute Gasteiger partial charge is 0.419 e. The molecule has 0 saturated heterocycles. The summed E-state index contributed by atoms with van der Waals surface area (Å²) in [5.41, 5.74) is 8.85. The van der Waals surface area contributed by atoms with Crippen LogP contribution in [0.4, 0.5) is 4.39 Å². The van der Waals surface area contributed by atoms with Crippen LogP contribution in [0.5, 0.6) is 0 Å². The highest BCUT2D eigenvalue weighted by molar-refractivity contribution is 6.31. The van der Waals surface area contributed by atoms with Gasteiger partial charge in [0, 0.05) is 30.6 Å². The van der Waals surface area contributed by atoms with E-state index in [0.29, 0.717) is 11.1 Å². The molecule has 0 radical (unpaired) electrons. The molecule has 3 aromatic carbocycles. The third-order valence-corrected chi connectivity index (χ3v) is 6.96. The van der Waals surface area contributed by atoms with E-state index >= 15 is 0 Å². The molecule has 1 aromatic heterocycles. The fraction of sp³-hybridized carbons (Fsp3) is 0.250. The summed E-state index contributed by atoms with van der Waals surface area (Å²) in [6, 6.07) is 18.7. The Labute approximate surface area is 218 Å². The molecule has 0 aliphatic carbocycles. The van der Waals surface area contributed by atoms with Crippen LogP contribution in [0.25, 0.3) is 22.2 Å². The van der Waals surface area contributed by atoms with Crippen LogP contribution in [-0.2, 0) is 24.7 Å². The summed E-state index contributed by atoms with van der Waals surface area (Å²) in [5.74, 6) is -1.38. The van der Waals surface area contributed by atoms with E-state index in [1.165, 1.54) is 16.7 Å². The minimum atomic E-state index is -1.16. The zero-order chi connectivity index (χ0) is 26.7. The molecule has 0 spiro atoms. The number of fused-ring (bicyclic) bond motifs is 1. The lowest BCUT2D eigenvalue weighted by Crippen LogP contribution is -2.49. The second-order valence-electron chi connectivity index (χ2n) is 9.31. The van der Waals surface area contributed by atoms with Crippen LogP contribution in [0.2, 0.25) is 5.02 Å². The number of hydrogen-bond acceptors (Lipinski definition) is 5. The summed E-state index contributed by atoms with van der Waals surface area (Å²) in [4.78, 5) is 24.9. The average Bonchev–Trinajstić information content (AvgIpc) is 3.18. The second-order valence-corrected chi connectivity index (χ2v) is 9.71. The van der Waals surface area contributed by atoms with Gasteiger partial charge in [0.1, 0.15) is 11.9 Å². The van der Waals surface area contributed by atoms with Gasteiger partial charge in [-0.15, -0.1) is 0 Å². The average molecular weight is 521 g/mol. The van der Waals surface area contributed by atoms with Gasteiger partial charge in [-0.1, -0.05) is 48.0 Å². The first-order valence-electron chi connectivity index (χ1n) is 11.7. The van der Waals surface area contributed by atoms with Crippen molar-refractivity contribution in [3.8, 4) is 17.2 Å². The first-order valence-corrected chi connectivity index (χ1v) is 12.1.